The van der Waals surface area contributed by atoms with Gasteiger partial charge >= 0.3 is 0 Å². The van der Waals surface area contributed by atoms with E-state index in [1.54, 1.807) is 11.6 Å². The van der Waals surface area contributed by atoms with Crippen LogP contribution in [0.25, 0.3) is 0 Å². The molecule has 0 saturated heterocycles. The normalized spacial score (nSPS) is 9.53. The summed E-state index contributed by atoms with van der Waals surface area (Å²) in [6, 6.07) is 1.86. The van der Waals surface area contributed by atoms with Gasteiger partial charge in [-0.3, -0.25) is 9.48 Å². The van der Waals surface area contributed by atoms with Gasteiger partial charge in [-0.1, -0.05) is 12.8 Å². The Labute approximate surface area is 90.5 Å². The average Bonchev–Trinajstić information content (AvgIpc) is 2.69. The number of Topliss-reactive ketones (excluding diaryl/α,β-unsaturated/α-hetero) is 1. The maximum Gasteiger partial charge on any atom is 0.192 e. The first-order valence-electron chi connectivity index (χ1n) is 5.22. The summed E-state index contributed by atoms with van der Waals surface area (Å²) < 4.78 is 1.75. The third kappa shape index (κ3) is 2.69. The van der Waals surface area contributed by atoms with Gasteiger partial charge in [0.25, 0.3) is 0 Å². The number of hydrogen-bond donors (Lipinski definition) is 0. The highest BCUT2D eigenvalue weighted by atomic mass is 16.1. The van der Waals surface area contributed by atoms with E-state index in [0.29, 0.717) is 5.69 Å². The number of nitrogens with zero attached hydrogens (tertiary/aromatic N) is 2. The van der Waals surface area contributed by atoms with Crippen LogP contribution in [-0.4, -0.2) is 15.6 Å². The van der Waals surface area contributed by atoms with Gasteiger partial charge in [-0.2, -0.15) is 5.10 Å². The molecule has 0 N–H and O–H groups in total. The number of rotatable bonds is 4. The number of carbonyl (C=O) groups excluding carboxylic acids is 1. The lowest BCUT2D eigenvalue weighted by atomic mass is 10.2. The molecule has 0 aromatic carbocycles. The lowest BCUT2D eigenvalue weighted by Crippen LogP contribution is -2.08. The Morgan fingerprint density at radius 2 is 2.27 bits per heavy atom. The van der Waals surface area contributed by atoms with E-state index < -0.39 is 0 Å². The maximum atomic E-state index is 11.7. The summed E-state index contributed by atoms with van der Waals surface area (Å²) in [6.45, 7) is 6.47. The Kier molecular flexibility index (Phi) is 4.11. The number of hydrogen-bond acceptors (Lipinski definition) is 2. The first-order valence-corrected chi connectivity index (χ1v) is 5.22. The molecule has 0 unspecified atom stereocenters. The number of ketones is 1. The summed E-state index contributed by atoms with van der Waals surface area (Å²) in [5.41, 5.74) is 1.64. The molecule has 1 aromatic heterocycles. The van der Waals surface area contributed by atoms with Crippen LogP contribution < -0.4 is 0 Å². The molecule has 0 bridgehead atoms. The van der Waals surface area contributed by atoms with Crippen molar-refractivity contribution in [1.82, 2.24) is 9.78 Å². The predicted octanol–water partition coefficient (Wildman–Crippen LogP) is 2.06. The molecule has 0 fully saturated rings. The van der Waals surface area contributed by atoms with Gasteiger partial charge < -0.3 is 0 Å². The van der Waals surface area contributed by atoms with Gasteiger partial charge in [-0.25, -0.2) is 0 Å². The van der Waals surface area contributed by atoms with E-state index in [1.165, 1.54) is 0 Å². The Bertz CT molecular complexity index is 407. The van der Waals surface area contributed by atoms with Crippen LogP contribution in [-0.2, 0) is 13.0 Å². The highest BCUT2D eigenvalue weighted by molar-refractivity contribution is 5.96. The zero-order chi connectivity index (χ0) is 11.3. The van der Waals surface area contributed by atoms with E-state index in [4.69, 9.17) is 0 Å². The highest BCUT2D eigenvalue weighted by Gasteiger charge is 2.12. The molecule has 1 aromatic rings. The summed E-state index contributed by atoms with van der Waals surface area (Å²) in [6.07, 6.45) is 1.14. The standard InChI is InChI=1S/C12H16N2O/c1-4-7-8-12(15)11-9-10(5-2)13-14(11)6-3/h9H,5-6,8H2,1-3H3. The van der Waals surface area contributed by atoms with Crippen molar-refractivity contribution < 1.29 is 4.79 Å². The van der Waals surface area contributed by atoms with Crippen LogP contribution in [0.4, 0.5) is 0 Å². The fourth-order valence-corrected chi connectivity index (χ4v) is 1.37. The third-order valence-corrected chi connectivity index (χ3v) is 2.20. The second kappa shape index (κ2) is 5.35. The third-order valence-electron chi connectivity index (χ3n) is 2.20. The summed E-state index contributed by atoms with van der Waals surface area (Å²) >= 11 is 0. The van der Waals surface area contributed by atoms with Gasteiger partial charge in [0.1, 0.15) is 5.69 Å². The van der Waals surface area contributed by atoms with E-state index in [1.807, 2.05) is 19.9 Å². The van der Waals surface area contributed by atoms with Crippen LogP contribution >= 0.6 is 0 Å². The van der Waals surface area contributed by atoms with Crippen LogP contribution in [0.2, 0.25) is 0 Å². The molecule has 0 aliphatic carbocycles. The quantitative estimate of drug-likeness (QED) is 0.556. The zero-order valence-electron chi connectivity index (χ0n) is 9.50. The van der Waals surface area contributed by atoms with Crippen molar-refractivity contribution in [2.45, 2.75) is 40.2 Å². The van der Waals surface area contributed by atoms with Gasteiger partial charge in [-0.15, -0.1) is 5.92 Å². The topological polar surface area (TPSA) is 34.9 Å². The molecule has 80 valence electrons. The second-order valence-electron chi connectivity index (χ2n) is 3.22. The van der Waals surface area contributed by atoms with Crippen LogP contribution in [0.15, 0.2) is 6.07 Å². The number of aryl methyl sites for hydroxylation is 2. The molecule has 0 aliphatic rings. The highest BCUT2D eigenvalue weighted by Crippen LogP contribution is 2.08. The van der Waals surface area contributed by atoms with Gasteiger partial charge in [0, 0.05) is 6.54 Å². The summed E-state index contributed by atoms with van der Waals surface area (Å²) in [7, 11) is 0. The summed E-state index contributed by atoms with van der Waals surface area (Å²) in [5.74, 6) is 5.56. The fraction of sp³-hybridized carbons (Fsp3) is 0.500. The minimum Gasteiger partial charge on any atom is -0.291 e. The molecular weight excluding hydrogens is 188 g/mol. The molecule has 0 aliphatic heterocycles. The molecule has 3 nitrogen and oxygen atoms in total. The monoisotopic (exact) mass is 204 g/mol. The van der Waals surface area contributed by atoms with Crippen molar-refractivity contribution in [2.24, 2.45) is 0 Å². The van der Waals surface area contributed by atoms with Crippen molar-refractivity contribution in [1.29, 1.82) is 0 Å². The SMILES string of the molecule is CC#CCC(=O)c1cc(CC)nn1CC. The molecular formula is C12H16N2O. The molecule has 0 amide bonds. The van der Waals surface area contributed by atoms with E-state index in [0.717, 1.165) is 18.7 Å². The van der Waals surface area contributed by atoms with Gasteiger partial charge in [0.05, 0.1) is 12.1 Å². The molecule has 1 heterocycles. The number of carbonyl (C=O) groups is 1. The average molecular weight is 204 g/mol. The Morgan fingerprint density at radius 3 is 2.80 bits per heavy atom. The van der Waals surface area contributed by atoms with Crippen molar-refractivity contribution in [3.05, 3.63) is 17.5 Å². The minimum absolute atomic E-state index is 0.0541. The van der Waals surface area contributed by atoms with Crippen molar-refractivity contribution in [3.8, 4) is 11.8 Å². The molecule has 0 spiro atoms. The summed E-state index contributed by atoms with van der Waals surface area (Å²) in [5, 5.41) is 4.32. The Morgan fingerprint density at radius 1 is 1.53 bits per heavy atom. The van der Waals surface area contributed by atoms with Crippen LogP contribution in [0.5, 0.6) is 0 Å². The minimum atomic E-state index is 0.0541. The van der Waals surface area contributed by atoms with Gasteiger partial charge in [-0.05, 0) is 26.3 Å². The first-order chi connectivity index (χ1) is 7.22. The predicted molar refractivity (Wildman–Crippen MR) is 59.7 cm³/mol. The smallest absolute Gasteiger partial charge is 0.192 e. The molecule has 1 rings (SSSR count). The van der Waals surface area contributed by atoms with Crippen molar-refractivity contribution in [2.75, 3.05) is 0 Å². The summed E-state index contributed by atoms with van der Waals surface area (Å²) in [4.78, 5) is 11.7. The number of aromatic nitrogens is 2. The molecule has 0 radical (unpaired) electrons. The van der Waals surface area contributed by atoms with E-state index in [-0.39, 0.29) is 12.2 Å². The maximum absolute atomic E-state index is 11.7. The van der Waals surface area contributed by atoms with Crippen LogP contribution in [0, 0.1) is 11.8 Å². The molecule has 0 atom stereocenters. The van der Waals surface area contributed by atoms with Gasteiger partial charge in [0.15, 0.2) is 5.78 Å². The largest absolute Gasteiger partial charge is 0.291 e. The Balaban J connectivity index is 2.94. The van der Waals surface area contributed by atoms with E-state index in [9.17, 15) is 4.79 Å². The van der Waals surface area contributed by atoms with E-state index >= 15 is 0 Å². The van der Waals surface area contributed by atoms with Crippen molar-refractivity contribution in [3.63, 3.8) is 0 Å². The Hall–Kier alpha value is -1.56. The van der Waals surface area contributed by atoms with Crippen LogP contribution in [0.3, 0.4) is 0 Å². The van der Waals surface area contributed by atoms with E-state index in [2.05, 4.69) is 16.9 Å². The lowest BCUT2D eigenvalue weighted by Gasteiger charge is -2.00. The molecule has 3 heteroatoms. The van der Waals surface area contributed by atoms with Crippen molar-refractivity contribution >= 4 is 5.78 Å². The molecule has 0 saturated carbocycles. The second-order valence-corrected chi connectivity index (χ2v) is 3.22. The fourth-order valence-electron chi connectivity index (χ4n) is 1.37. The lowest BCUT2D eigenvalue weighted by molar-refractivity contribution is 0.0988. The zero-order valence-corrected chi connectivity index (χ0v) is 9.50. The first kappa shape index (κ1) is 11.5. The molecule has 15 heavy (non-hydrogen) atoms. The van der Waals surface area contributed by atoms with Gasteiger partial charge in [0.2, 0.25) is 0 Å². The van der Waals surface area contributed by atoms with Crippen LogP contribution in [0.1, 0.15) is 43.4 Å².